The maximum absolute atomic E-state index is 13.5. The number of carbonyl (C=O) groups is 2. The van der Waals surface area contributed by atoms with Crippen molar-refractivity contribution in [3.8, 4) is 11.1 Å². The Morgan fingerprint density at radius 1 is 1.09 bits per heavy atom. The average Bonchev–Trinajstić information content (AvgIpc) is 3.38. The SMILES string of the molecule is C[C@@H](c1ccccc1-c1ccc(F)cc1)n1cncc1C(=O)N1CCC(N2CCNC(=O)C2)CC1. The van der Waals surface area contributed by atoms with E-state index < -0.39 is 0 Å². The lowest BCUT2D eigenvalue weighted by Gasteiger charge is -2.39. The van der Waals surface area contributed by atoms with Crippen molar-refractivity contribution in [3.63, 3.8) is 0 Å². The zero-order valence-electron chi connectivity index (χ0n) is 19.9. The normalized spacial score (nSPS) is 18.3. The van der Waals surface area contributed by atoms with Gasteiger partial charge in [0.25, 0.3) is 5.91 Å². The van der Waals surface area contributed by atoms with Crippen LogP contribution >= 0.6 is 0 Å². The molecular weight excluding hydrogens is 445 g/mol. The number of hydrogen-bond acceptors (Lipinski definition) is 4. The van der Waals surface area contributed by atoms with E-state index in [2.05, 4.69) is 22.1 Å². The van der Waals surface area contributed by atoms with Crippen molar-refractivity contribution >= 4 is 11.8 Å². The van der Waals surface area contributed by atoms with E-state index in [4.69, 9.17) is 0 Å². The van der Waals surface area contributed by atoms with E-state index in [9.17, 15) is 14.0 Å². The molecular formula is C27H30FN5O2. The second kappa shape index (κ2) is 10.00. The van der Waals surface area contributed by atoms with Gasteiger partial charge >= 0.3 is 0 Å². The highest BCUT2D eigenvalue weighted by atomic mass is 19.1. The number of likely N-dealkylation sites (tertiary alicyclic amines) is 1. The number of halogens is 1. The maximum Gasteiger partial charge on any atom is 0.272 e. The smallest absolute Gasteiger partial charge is 0.272 e. The predicted octanol–water partition coefficient (Wildman–Crippen LogP) is 3.33. The number of aromatic nitrogens is 2. The van der Waals surface area contributed by atoms with Crippen molar-refractivity contribution in [2.24, 2.45) is 0 Å². The van der Waals surface area contributed by atoms with Crippen LogP contribution in [0.2, 0.25) is 0 Å². The Balaban J connectivity index is 1.32. The largest absolute Gasteiger partial charge is 0.354 e. The first-order valence-corrected chi connectivity index (χ1v) is 12.2. The fraction of sp³-hybridized carbons (Fsp3) is 0.370. The fourth-order valence-electron chi connectivity index (χ4n) is 5.25. The monoisotopic (exact) mass is 475 g/mol. The molecule has 2 aromatic carbocycles. The molecule has 0 saturated carbocycles. The summed E-state index contributed by atoms with van der Waals surface area (Å²) in [6.45, 7) is 5.36. The molecule has 2 aliphatic rings. The van der Waals surface area contributed by atoms with Gasteiger partial charge in [0, 0.05) is 32.2 Å². The lowest BCUT2D eigenvalue weighted by molar-refractivity contribution is -0.125. The molecule has 0 spiro atoms. The van der Waals surface area contributed by atoms with Crippen molar-refractivity contribution < 1.29 is 14.0 Å². The van der Waals surface area contributed by atoms with E-state index in [1.165, 1.54) is 12.1 Å². The fourth-order valence-corrected chi connectivity index (χ4v) is 5.25. The molecule has 0 unspecified atom stereocenters. The van der Waals surface area contributed by atoms with Gasteiger partial charge in [-0.1, -0.05) is 36.4 Å². The molecule has 0 radical (unpaired) electrons. The molecule has 0 bridgehead atoms. The van der Waals surface area contributed by atoms with Gasteiger partial charge in [-0.2, -0.15) is 0 Å². The number of nitrogens with zero attached hydrogens (tertiary/aromatic N) is 4. The molecule has 2 saturated heterocycles. The summed E-state index contributed by atoms with van der Waals surface area (Å²) in [5.74, 6) is -0.217. The Labute approximate surface area is 204 Å². The second-order valence-corrected chi connectivity index (χ2v) is 9.30. The summed E-state index contributed by atoms with van der Waals surface area (Å²) in [5.41, 5.74) is 3.52. The van der Waals surface area contributed by atoms with Gasteiger partial charge in [-0.25, -0.2) is 9.37 Å². The third-order valence-electron chi connectivity index (χ3n) is 7.20. The molecule has 2 amide bonds. The third kappa shape index (κ3) is 4.84. The Morgan fingerprint density at radius 2 is 1.83 bits per heavy atom. The third-order valence-corrected chi connectivity index (χ3v) is 7.20. The summed E-state index contributed by atoms with van der Waals surface area (Å²) in [6.07, 6.45) is 5.06. The average molecular weight is 476 g/mol. The minimum absolute atomic E-state index is 0.0246. The molecule has 3 aromatic rings. The van der Waals surface area contributed by atoms with Gasteiger partial charge in [0.05, 0.1) is 25.1 Å². The van der Waals surface area contributed by atoms with E-state index in [0.29, 0.717) is 37.9 Å². The zero-order valence-corrected chi connectivity index (χ0v) is 19.9. The summed E-state index contributed by atoms with van der Waals surface area (Å²) in [4.78, 5) is 33.7. The van der Waals surface area contributed by atoms with Crippen molar-refractivity contribution in [2.75, 3.05) is 32.7 Å². The summed E-state index contributed by atoms with van der Waals surface area (Å²) in [7, 11) is 0. The number of carbonyl (C=O) groups excluding carboxylic acids is 2. The van der Waals surface area contributed by atoms with Crippen LogP contribution in [0, 0.1) is 5.82 Å². The van der Waals surface area contributed by atoms with Gasteiger partial charge in [0.2, 0.25) is 5.91 Å². The number of benzene rings is 2. The molecule has 1 aromatic heterocycles. The van der Waals surface area contributed by atoms with Crippen LogP contribution in [0.3, 0.4) is 0 Å². The van der Waals surface area contributed by atoms with Gasteiger partial charge in [-0.15, -0.1) is 0 Å². The molecule has 7 nitrogen and oxygen atoms in total. The highest BCUT2D eigenvalue weighted by Gasteiger charge is 2.31. The molecule has 1 N–H and O–H groups in total. The number of amides is 2. The highest BCUT2D eigenvalue weighted by molar-refractivity contribution is 5.92. The lowest BCUT2D eigenvalue weighted by Crippen LogP contribution is -2.54. The Morgan fingerprint density at radius 3 is 2.57 bits per heavy atom. The topological polar surface area (TPSA) is 70.5 Å². The zero-order chi connectivity index (χ0) is 24.4. The van der Waals surface area contributed by atoms with Crippen molar-refractivity contribution in [3.05, 3.63) is 78.1 Å². The number of nitrogens with one attached hydrogen (secondary N) is 1. The number of rotatable bonds is 5. The predicted molar refractivity (Wildman–Crippen MR) is 131 cm³/mol. The van der Waals surface area contributed by atoms with Crippen molar-refractivity contribution in [2.45, 2.75) is 31.8 Å². The second-order valence-electron chi connectivity index (χ2n) is 9.30. The van der Waals surface area contributed by atoms with Crippen molar-refractivity contribution in [1.29, 1.82) is 0 Å². The van der Waals surface area contributed by atoms with Gasteiger partial charge < -0.3 is 14.8 Å². The lowest BCUT2D eigenvalue weighted by atomic mass is 9.95. The van der Waals surface area contributed by atoms with E-state index in [0.717, 1.165) is 36.1 Å². The first kappa shape index (κ1) is 23.2. The van der Waals surface area contributed by atoms with E-state index in [1.807, 2.05) is 33.7 Å². The Bertz CT molecular complexity index is 1200. The number of piperidine rings is 1. The van der Waals surface area contributed by atoms with Crippen LogP contribution in [0.15, 0.2) is 61.1 Å². The van der Waals surface area contributed by atoms with Crippen molar-refractivity contribution in [1.82, 2.24) is 24.7 Å². The van der Waals surface area contributed by atoms with Gasteiger partial charge in [-0.05, 0) is 48.6 Å². The molecule has 182 valence electrons. The minimum atomic E-state index is -0.269. The molecule has 2 aliphatic heterocycles. The van der Waals surface area contributed by atoms with Gasteiger partial charge in [-0.3, -0.25) is 14.5 Å². The minimum Gasteiger partial charge on any atom is -0.354 e. The molecule has 35 heavy (non-hydrogen) atoms. The number of piperazine rings is 1. The standard InChI is InChI=1S/C27H30FN5O2/c1-19(23-4-2-3-5-24(23)20-6-8-21(28)9-7-20)33-18-29-16-25(33)27(35)31-13-10-22(11-14-31)32-15-12-30-26(34)17-32/h2-9,16,18-19,22H,10-15,17H2,1H3,(H,30,34)/t19-/m0/s1. The van der Waals surface area contributed by atoms with Crippen LogP contribution in [0.1, 0.15) is 41.9 Å². The van der Waals surface area contributed by atoms with E-state index in [1.54, 1.807) is 24.7 Å². The summed E-state index contributed by atoms with van der Waals surface area (Å²) in [5, 5.41) is 2.87. The molecule has 1 atom stereocenters. The quantitative estimate of drug-likeness (QED) is 0.615. The van der Waals surface area contributed by atoms with Gasteiger partial charge in [0.15, 0.2) is 0 Å². The van der Waals surface area contributed by atoms with Crippen LogP contribution in [0.4, 0.5) is 4.39 Å². The molecule has 3 heterocycles. The summed E-state index contributed by atoms with van der Waals surface area (Å²) < 4.78 is 15.4. The number of imidazole rings is 1. The maximum atomic E-state index is 13.5. The van der Waals surface area contributed by atoms with Crippen LogP contribution in [0.25, 0.3) is 11.1 Å². The van der Waals surface area contributed by atoms with Crippen LogP contribution in [-0.2, 0) is 4.79 Å². The molecule has 0 aliphatic carbocycles. The Hall–Kier alpha value is -3.52. The summed E-state index contributed by atoms with van der Waals surface area (Å²) in [6, 6.07) is 14.7. The summed E-state index contributed by atoms with van der Waals surface area (Å²) >= 11 is 0. The first-order chi connectivity index (χ1) is 17.0. The van der Waals surface area contributed by atoms with Gasteiger partial charge in [0.1, 0.15) is 11.5 Å². The van der Waals surface area contributed by atoms with E-state index >= 15 is 0 Å². The van der Waals surface area contributed by atoms with Crippen LogP contribution in [-0.4, -0.2) is 69.9 Å². The molecule has 5 rings (SSSR count). The molecule has 8 heteroatoms. The van der Waals surface area contributed by atoms with E-state index in [-0.39, 0.29) is 23.7 Å². The molecule has 2 fully saturated rings. The first-order valence-electron chi connectivity index (χ1n) is 12.2. The van der Waals surface area contributed by atoms with Crippen LogP contribution in [0.5, 0.6) is 0 Å². The number of hydrogen-bond donors (Lipinski definition) is 1. The highest BCUT2D eigenvalue weighted by Crippen LogP contribution is 2.31. The van der Waals surface area contributed by atoms with Crippen LogP contribution < -0.4 is 5.32 Å². The Kier molecular flexibility index (Phi) is 6.63.